The minimum Gasteiger partial charge on any atom is -0.459 e. The highest BCUT2D eigenvalue weighted by Crippen LogP contribution is 2.29. The Morgan fingerprint density at radius 2 is 1.70 bits per heavy atom. The Labute approximate surface area is 251 Å². The third kappa shape index (κ3) is 8.09. The molecule has 0 atom stereocenters. The number of benzene rings is 2. The van der Waals surface area contributed by atoms with Crippen LogP contribution < -0.4 is 0 Å². The molecule has 0 radical (unpaired) electrons. The molecule has 0 bridgehead atoms. The predicted octanol–water partition coefficient (Wildman–Crippen LogP) is 4.28. The fraction of sp³-hybridized carbons (Fsp3) is 0.324. The summed E-state index contributed by atoms with van der Waals surface area (Å²) >= 11 is 0. The number of amides is 2. The Hall–Kier alpha value is -4.47. The Balaban J connectivity index is 1.14. The van der Waals surface area contributed by atoms with Crippen LogP contribution in [0.3, 0.4) is 0 Å². The molecule has 1 aromatic heterocycles. The van der Waals surface area contributed by atoms with E-state index in [1.54, 1.807) is 28.0 Å². The molecule has 9 heteroatoms. The summed E-state index contributed by atoms with van der Waals surface area (Å²) in [4.78, 5) is 42.3. The Morgan fingerprint density at radius 1 is 0.930 bits per heavy atom. The molecule has 0 unspecified atom stereocenters. The zero-order chi connectivity index (χ0) is 30.0. The molecule has 2 amide bonds. The Morgan fingerprint density at radius 3 is 2.44 bits per heavy atom. The fourth-order valence-corrected chi connectivity index (χ4v) is 5.38. The minimum atomic E-state index is -0.503. The number of piperazine rings is 1. The first-order valence-corrected chi connectivity index (χ1v) is 14.6. The number of rotatable bonds is 12. The van der Waals surface area contributed by atoms with Crippen molar-refractivity contribution >= 4 is 29.4 Å². The average Bonchev–Trinajstić information content (AvgIpc) is 3.73. The molecule has 1 saturated heterocycles. The Bertz CT molecular complexity index is 1450. The first kappa shape index (κ1) is 30.0. The topological polar surface area (TPSA) is 104 Å². The highest BCUT2D eigenvalue weighted by Gasteiger charge is 2.27. The number of ether oxygens (including phenoxy) is 1. The first-order chi connectivity index (χ1) is 21.0. The molecular formula is C34H37N3O6. The van der Waals surface area contributed by atoms with Gasteiger partial charge in [0.1, 0.15) is 13.2 Å². The Kier molecular flexibility index (Phi) is 10.2. The lowest BCUT2D eigenvalue weighted by atomic mass is 10.0. The largest absolute Gasteiger partial charge is 0.459 e. The number of hydrogen-bond donors (Lipinski definition) is 1. The fourth-order valence-electron chi connectivity index (χ4n) is 5.38. The lowest BCUT2D eigenvalue weighted by Gasteiger charge is -2.33. The smallest absolute Gasteiger partial charge is 0.409 e. The van der Waals surface area contributed by atoms with E-state index in [0.717, 1.165) is 30.5 Å². The van der Waals surface area contributed by atoms with Crippen molar-refractivity contribution in [2.75, 3.05) is 52.5 Å². The van der Waals surface area contributed by atoms with Gasteiger partial charge in [0, 0.05) is 45.8 Å². The van der Waals surface area contributed by atoms with Crippen LogP contribution in [0.15, 0.2) is 83.5 Å². The highest BCUT2D eigenvalue weighted by atomic mass is 16.6. The van der Waals surface area contributed by atoms with Crippen LogP contribution in [-0.2, 0) is 22.5 Å². The molecule has 0 spiro atoms. The SMILES string of the molecule is O=C(/C=C/c1ccc(CN(CCOC(=O)N2CCN(C(=O)c3ccco3)CC2)CCC2=CCc3ccccc32)cc1)CO. The van der Waals surface area contributed by atoms with E-state index >= 15 is 0 Å². The molecule has 5 rings (SSSR count). The summed E-state index contributed by atoms with van der Waals surface area (Å²) in [6.07, 6.45) is 8.32. The molecule has 9 nitrogen and oxygen atoms in total. The second kappa shape index (κ2) is 14.6. The van der Waals surface area contributed by atoms with Gasteiger partial charge in [0.15, 0.2) is 11.5 Å². The van der Waals surface area contributed by atoms with Gasteiger partial charge in [0.05, 0.1) is 6.26 Å². The van der Waals surface area contributed by atoms with Crippen molar-refractivity contribution in [3.63, 3.8) is 0 Å². The van der Waals surface area contributed by atoms with Gasteiger partial charge < -0.3 is 24.1 Å². The highest BCUT2D eigenvalue weighted by molar-refractivity contribution is 5.94. The second-order valence-corrected chi connectivity index (χ2v) is 10.7. The van der Waals surface area contributed by atoms with Crippen LogP contribution in [-0.4, -0.2) is 90.1 Å². The van der Waals surface area contributed by atoms with Gasteiger partial charge in [-0.2, -0.15) is 0 Å². The monoisotopic (exact) mass is 583 g/mol. The molecule has 1 aliphatic carbocycles. The number of ketones is 1. The van der Waals surface area contributed by atoms with Crippen molar-refractivity contribution in [1.82, 2.24) is 14.7 Å². The van der Waals surface area contributed by atoms with Crippen LogP contribution in [0.25, 0.3) is 11.6 Å². The van der Waals surface area contributed by atoms with E-state index in [1.165, 1.54) is 29.0 Å². The number of nitrogens with zero attached hydrogens (tertiary/aromatic N) is 3. The molecule has 2 heterocycles. The predicted molar refractivity (Wildman–Crippen MR) is 163 cm³/mol. The first-order valence-electron chi connectivity index (χ1n) is 14.6. The summed E-state index contributed by atoms with van der Waals surface area (Å²) in [7, 11) is 0. The number of allylic oxidation sites excluding steroid dienone is 1. The van der Waals surface area contributed by atoms with E-state index in [9.17, 15) is 14.4 Å². The normalized spacial score (nSPS) is 14.7. The number of aliphatic hydroxyl groups is 1. The molecule has 1 fully saturated rings. The van der Waals surface area contributed by atoms with Crippen LogP contribution in [0.4, 0.5) is 4.79 Å². The van der Waals surface area contributed by atoms with Crippen molar-refractivity contribution in [3.05, 3.63) is 107 Å². The summed E-state index contributed by atoms with van der Waals surface area (Å²) < 4.78 is 10.9. The maximum atomic E-state index is 12.8. The quantitative estimate of drug-likeness (QED) is 0.318. The van der Waals surface area contributed by atoms with Gasteiger partial charge in [-0.3, -0.25) is 14.5 Å². The lowest BCUT2D eigenvalue weighted by molar-refractivity contribution is -0.117. The number of furan rings is 1. The van der Waals surface area contributed by atoms with Gasteiger partial charge in [0.2, 0.25) is 0 Å². The maximum absolute atomic E-state index is 12.8. The standard InChI is InChI=1S/C34H37N3O6/c38-25-30(39)14-11-26-7-9-27(10-8-26)24-35(16-15-29-13-12-28-4-1-2-5-31(28)29)21-23-43-34(41)37-19-17-36(18-20-37)33(40)32-6-3-22-42-32/h1-11,13-14,22,38H,12,15-21,23-25H2/b14-11+. The average molecular weight is 584 g/mol. The van der Waals surface area contributed by atoms with Crippen molar-refractivity contribution in [2.24, 2.45) is 0 Å². The zero-order valence-electron chi connectivity index (χ0n) is 24.2. The van der Waals surface area contributed by atoms with Gasteiger partial charge in [-0.15, -0.1) is 0 Å². The molecular weight excluding hydrogens is 546 g/mol. The second-order valence-electron chi connectivity index (χ2n) is 10.7. The van der Waals surface area contributed by atoms with E-state index in [1.807, 2.05) is 24.3 Å². The van der Waals surface area contributed by atoms with E-state index in [4.69, 9.17) is 14.3 Å². The summed E-state index contributed by atoms with van der Waals surface area (Å²) in [6, 6.07) is 19.8. The molecule has 1 aliphatic heterocycles. The van der Waals surface area contributed by atoms with E-state index in [-0.39, 0.29) is 24.4 Å². The number of hydrogen-bond acceptors (Lipinski definition) is 7. The summed E-state index contributed by atoms with van der Waals surface area (Å²) in [5.74, 6) is -0.205. The third-order valence-electron chi connectivity index (χ3n) is 7.82. The number of carbonyl (C=O) groups is 3. The van der Waals surface area contributed by atoms with Gasteiger partial charge in [-0.25, -0.2) is 4.79 Å². The van der Waals surface area contributed by atoms with E-state index < -0.39 is 6.61 Å². The molecule has 1 N–H and O–H groups in total. The van der Waals surface area contributed by atoms with Crippen molar-refractivity contribution in [3.8, 4) is 0 Å². The number of carbonyl (C=O) groups excluding carboxylic acids is 3. The van der Waals surface area contributed by atoms with Crippen molar-refractivity contribution in [1.29, 1.82) is 0 Å². The zero-order valence-corrected chi connectivity index (χ0v) is 24.2. The van der Waals surface area contributed by atoms with Crippen LogP contribution in [0.2, 0.25) is 0 Å². The summed E-state index contributed by atoms with van der Waals surface area (Å²) in [5, 5.41) is 8.92. The van der Waals surface area contributed by atoms with Gasteiger partial charge >= 0.3 is 6.09 Å². The molecule has 3 aromatic rings. The van der Waals surface area contributed by atoms with Crippen LogP contribution in [0, 0.1) is 0 Å². The summed E-state index contributed by atoms with van der Waals surface area (Å²) in [5.41, 5.74) is 5.99. The van der Waals surface area contributed by atoms with Crippen LogP contribution in [0.5, 0.6) is 0 Å². The molecule has 2 aliphatic rings. The molecule has 43 heavy (non-hydrogen) atoms. The van der Waals surface area contributed by atoms with Gasteiger partial charge in [-0.05, 0) is 58.9 Å². The van der Waals surface area contributed by atoms with E-state index in [0.29, 0.717) is 45.0 Å². The minimum absolute atomic E-state index is 0.170. The number of fused-ring (bicyclic) bond motifs is 1. The molecule has 224 valence electrons. The van der Waals surface area contributed by atoms with Crippen LogP contribution >= 0.6 is 0 Å². The molecule has 0 saturated carbocycles. The van der Waals surface area contributed by atoms with Crippen LogP contribution in [0.1, 0.15) is 39.2 Å². The van der Waals surface area contributed by atoms with Crippen molar-refractivity contribution in [2.45, 2.75) is 19.4 Å². The molecule has 2 aromatic carbocycles. The lowest BCUT2D eigenvalue weighted by Crippen LogP contribution is -2.50. The van der Waals surface area contributed by atoms with Gasteiger partial charge in [-0.1, -0.05) is 60.7 Å². The number of aliphatic hydroxyl groups excluding tert-OH is 1. The van der Waals surface area contributed by atoms with E-state index in [2.05, 4.69) is 35.2 Å². The van der Waals surface area contributed by atoms with Crippen molar-refractivity contribution < 1.29 is 28.6 Å². The summed E-state index contributed by atoms with van der Waals surface area (Å²) in [6.45, 7) is 3.48. The third-order valence-corrected chi connectivity index (χ3v) is 7.82. The van der Waals surface area contributed by atoms with Gasteiger partial charge in [0.25, 0.3) is 5.91 Å². The maximum Gasteiger partial charge on any atom is 0.409 e.